The molecule has 1 amide bonds. The summed E-state index contributed by atoms with van der Waals surface area (Å²) in [5.74, 6) is -0.248. The summed E-state index contributed by atoms with van der Waals surface area (Å²) in [5.41, 5.74) is 0. The maximum Gasteiger partial charge on any atom is 0.278 e. The summed E-state index contributed by atoms with van der Waals surface area (Å²) in [6, 6.07) is 0. The van der Waals surface area contributed by atoms with Crippen LogP contribution in [-0.4, -0.2) is 25.0 Å². The minimum atomic E-state index is -0.248. The first-order valence-corrected chi connectivity index (χ1v) is 2.57. The lowest BCUT2D eigenvalue weighted by Crippen LogP contribution is -2.34. The summed E-state index contributed by atoms with van der Waals surface area (Å²) in [5, 5.41) is 4.91. The van der Waals surface area contributed by atoms with Crippen molar-refractivity contribution in [2.24, 2.45) is 0 Å². The number of carbonyl (C=O) groups excluding carboxylic acids is 1. The molecule has 3 nitrogen and oxygen atoms in total. The van der Waals surface area contributed by atoms with Gasteiger partial charge >= 0.3 is 0 Å². The number of likely N-dealkylation sites (N-methyl/N-ethyl adjacent to an activating group) is 2. The van der Waals surface area contributed by atoms with Gasteiger partial charge in [-0.1, -0.05) is 12.2 Å². The van der Waals surface area contributed by atoms with Gasteiger partial charge < -0.3 is 10.6 Å². The van der Waals surface area contributed by atoms with E-state index in [2.05, 4.69) is 22.9 Å². The van der Waals surface area contributed by atoms with Crippen molar-refractivity contribution in [3.05, 3.63) is 0 Å². The second kappa shape index (κ2) is 3.37. The fourth-order valence-electron chi connectivity index (χ4n) is 0.227. The Balaban J connectivity index is 3.64. The van der Waals surface area contributed by atoms with Gasteiger partial charge in [-0.05, 0) is 0 Å². The van der Waals surface area contributed by atoms with E-state index in [0.717, 1.165) is 0 Å². The highest BCUT2D eigenvalue weighted by Crippen LogP contribution is 1.66. The van der Waals surface area contributed by atoms with Crippen LogP contribution in [-0.2, 0) is 4.79 Å². The summed E-state index contributed by atoms with van der Waals surface area (Å²) < 4.78 is 0. The Bertz CT molecular complexity index is 98.6. The summed E-state index contributed by atoms with van der Waals surface area (Å²) in [7, 11) is 3.14. The van der Waals surface area contributed by atoms with Crippen LogP contribution in [0.25, 0.3) is 0 Å². The van der Waals surface area contributed by atoms with Crippen molar-refractivity contribution in [3.8, 4) is 0 Å². The molecule has 0 rings (SSSR count). The third-order valence-electron chi connectivity index (χ3n) is 0.660. The van der Waals surface area contributed by atoms with E-state index in [-0.39, 0.29) is 10.9 Å². The smallest absolute Gasteiger partial charge is 0.278 e. The van der Waals surface area contributed by atoms with E-state index in [0.29, 0.717) is 0 Å². The van der Waals surface area contributed by atoms with Crippen LogP contribution in [0.3, 0.4) is 0 Å². The minimum Gasteiger partial charge on any atom is -0.375 e. The Morgan fingerprint density at radius 2 is 1.88 bits per heavy atom. The monoisotopic (exact) mass is 132 g/mol. The Labute approximate surface area is 53.5 Å². The van der Waals surface area contributed by atoms with Crippen LogP contribution in [0.1, 0.15) is 0 Å². The maximum absolute atomic E-state index is 10.4. The van der Waals surface area contributed by atoms with E-state index < -0.39 is 0 Å². The fourth-order valence-corrected chi connectivity index (χ4v) is 0.329. The van der Waals surface area contributed by atoms with E-state index in [1.165, 1.54) is 7.05 Å². The molecule has 0 spiro atoms. The molecule has 0 saturated heterocycles. The van der Waals surface area contributed by atoms with Crippen LogP contribution in [0.4, 0.5) is 0 Å². The van der Waals surface area contributed by atoms with Gasteiger partial charge in [-0.25, -0.2) is 0 Å². The van der Waals surface area contributed by atoms with Crippen molar-refractivity contribution < 1.29 is 4.79 Å². The van der Waals surface area contributed by atoms with Crippen LogP contribution < -0.4 is 10.6 Å². The Kier molecular flexibility index (Phi) is 3.10. The van der Waals surface area contributed by atoms with E-state index in [1.807, 2.05) is 0 Å². The van der Waals surface area contributed by atoms with Crippen molar-refractivity contribution in [1.82, 2.24) is 10.6 Å². The van der Waals surface area contributed by atoms with Crippen molar-refractivity contribution in [3.63, 3.8) is 0 Å². The topological polar surface area (TPSA) is 41.1 Å². The number of amides is 1. The zero-order chi connectivity index (χ0) is 6.57. The number of hydrogen-bond acceptors (Lipinski definition) is 2. The molecule has 0 unspecified atom stereocenters. The molecular formula is C4H8N2OS. The standard InChI is InChI=1S/C4H8N2OS/c1-5-3(7)4(8)6-2/h1-2H3,(H,5,7)(H,6,8). The second-order valence-electron chi connectivity index (χ2n) is 1.16. The van der Waals surface area contributed by atoms with Crippen LogP contribution in [0.2, 0.25) is 0 Å². The lowest BCUT2D eigenvalue weighted by atomic mass is 10.6. The van der Waals surface area contributed by atoms with E-state index in [1.54, 1.807) is 7.05 Å². The van der Waals surface area contributed by atoms with Gasteiger partial charge in [-0.2, -0.15) is 0 Å². The largest absolute Gasteiger partial charge is 0.375 e. The molecule has 0 aliphatic rings. The fraction of sp³-hybridized carbons (Fsp3) is 0.500. The predicted molar refractivity (Wildman–Crippen MR) is 35.7 cm³/mol. The minimum absolute atomic E-state index is 0.215. The highest BCUT2D eigenvalue weighted by Gasteiger charge is 2.00. The lowest BCUT2D eigenvalue weighted by Gasteiger charge is -1.97. The average molecular weight is 132 g/mol. The zero-order valence-corrected chi connectivity index (χ0v) is 5.63. The number of carbonyl (C=O) groups is 1. The zero-order valence-electron chi connectivity index (χ0n) is 4.82. The number of hydrogen-bond donors (Lipinski definition) is 2. The van der Waals surface area contributed by atoms with E-state index >= 15 is 0 Å². The number of nitrogens with one attached hydrogen (secondary N) is 2. The molecule has 0 aliphatic heterocycles. The molecule has 0 heterocycles. The predicted octanol–water partition coefficient (Wildman–Crippen LogP) is -0.721. The van der Waals surface area contributed by atoms with Crippen molar-refractivity contribution in [1.29, 1.82) is 0 Å². The summed E-state index contributed by atoms with van der Waals surface area (Å²) in [6.07, 6.45) is 0. The molecule has 0 fully saturated rings. The molecule has 0 aromatic carbocycles. The summed E-state index contributed by atoms with van der Waals surface area (Å²) in [6.45, 7) is 0. The van der Waals surface area contributed by atoms with Gasteiger partial charge in [-0.15, -0.1) is 0 Å². The number of rotatable bonds is 0. The SMILES string of the molecule is CNC(=O)C(=S)NC. The maximum atomic E-state index is 10.4. The van der Waals surface area contributed by atoms with Crippen LogP contribution in [0.5, 0.6) is 0 Å². The van der Waals surface area contributed by atoms with E-state index in [4.69, 9.17) is 0 Å². The molecule has 4 heteroatoms. The molecule has 0 saturated carbocycles. The normalized spacial score (nSPS) is 7.75. The third kappa shape index (κ3) is 1.88. The van der Waals surface area contributed by atoms with E-state index in [9.17, 15) is 4.79 Å². The van der Waals surface area contributed by atoms with Crippen molar-refractivity contribution in [2.75, 3.05) is 14.1 Å². The summed E-state index contributed by atoms with van der Waals surface area (Å²) in [4.78, 5) is 10.6. The molecule has 0 aromatic heterocycles. The molecule has 0 aromatic rings. The first-order chi connectivity index (χ1) is 3.72. The quantitative estimate of drug-likeness (QED) is 0.427. The van der Waals surface area contributed by atoms with Gasteiger partial charge in [0.25, 0.3) is 5.91 Å². The van der Waals surface area contributed by atoms with Crippen LogP contribution in [0.15, 0.2) is 0 Å². The van der Waals surface area contributed by atoms with Crippen LogP contribution in [0, 0.1) is 0 Å². The van der Waals surface area contributed by atoms with Gasteiger partial charge in [0.15, 0.2) is 4.99 Å². The first-order valence-electron chi connectivity index (χ1n) is 2.16. The number of thiocarbonyl (C=S) groups is 1. The molecular weight excluding hydrogens is 124 g/mol. The summed E-state index contributed by atoms with van der Waals surface area (Å²) >= 11 is 4.55. The Hall–Kier alpha value is -0.640. The highest BCUT2D eigenvalue weighted by atomic mass is 32.1. The van der Waals surface area contributed by atoms with Gasteiger partial charge in [0.1, 0.15) is 0 Å². The van der Waals surface area contributed by atoms with Gasteiger partial charge in [0.2, 0.25) is 0 Å². The molecule has 0 atom stereocenters. The molecule has 0 radical (unpaired) electrons. The van der Waals surface area contributed by atoms with Gasteiger partial charge in [0.05, 0.1) is 0 Å². The molecule has 46 valence electrons. The van der Waals surface area contributed by atoms with Gasteiger partial charge in [-0.3, -0.25) is 4.79 Å². The molecule has 0 aliphatic carbocycles. The lowest BCUT2D eigenvalue weighted by molar-refractivity contribution is -0.114. The second-order valence-corrected chi connectivity index (χ2v) is 1.57. The van der Waals surface area contributed by atoms with Gasteiger partial charge in [0, 0.05) is 14.1 Å². The first kappa shape index (κ1) is 7.36. The Morgan fingerprint density at radius 3 is 2.00 bits per heavy atom. The Morgan fingerprint density at radius 1 is 1.38 bits per heavy atom. The molecule has 2 N–H and O–H groups in total. The average Bonchev–Trinajstić information content (AvgIpc) is 1.84. The van der Waals surface area contributed by atoms with Crippen molar-refractivity contribution in [2.45, 2.75) is 0 Å². The highest BCUT2D eigenvalue weighted by molar-refractivity contribution is 7.82. The van der Waals surface area contributed by atoms with Crippen molar-refractivity contribution >= 4 is 23.1 Å². The third-order valence-corrected chi connectivity index (χ3v) is 1.05. The van der Waals surface area contributed by atoms with Crippen LogP contribution >= 0.6 is 12.2 Å². The molecule has 0 bridgehead atoms. The molecule has 8 heavy (non-hydrogen) atoms.